The number of nitrogens with zero attached hydrogens (tertiary/aromatic N) is 1. The summed E-state index contributed by atoms with van der Waals surface area (Å²) in [6, 6.07) is 0. The molecule has 0 fully saturated rings. The Balaban J connectivity index is 0. The molecule has 15 heavy (non-hydrogen) atoms. The van der Waals surface area contributed by atoms with E-state index in [4.69, 9.17) is 0 Å². The van der Waals surface area contributed by atoms with E-state index < -0.39 is 0 Å². The van der Waals surface area contributed by atoms with Gasteiger partial charge in [-0.2, -0.15) is 11.1 Å². The van der Waals surface area contributed by atoms with Gasteiger partial charge in [-0.15, -0.1) is 13.5 Å². The molecule has 1 atom stereocenters. The van der Waals surface area contributed by atoms with Crippen LogP contribution >= 0.6 is 0 Å². The molecule has 1 rings (SSSR count). The van der Waals surface area contributed by atoms with Crippen LogP contribution in [0.25, 0.3) is 0 Å². The molecule has 0 amide bonds. The van der Waals surface area contributed by atoms with Gasteiger partial charge in [0, 0.05) is 0 Å². The molecule has 0 N–H and O–H groups in total. The third kappa shape index (κ3) is 6.34. The first-order chi connectivity index (χ1) is 6.40. The molecule has 0 saturated carbocycles. The van der Waals surface area contributed by atoms with Crippen molar-refractivity contribution in [2.45, 2.75) is 27.7 Å². The van der Waals surface area contributed by atoms with Crippen LogP contribution in [0.1, 0.15) is 27.7 Å². The van der Waals surface area contributed by atoms with Crippen LogP contribution in [0.3, 0.4) is 0 Å². The van der Waals surface area contributed by atoms with Gasteiger partial charge in [0.25, 0.3) is 0 Å². The SMILES string of the molecule is CC1=[C-]C(C)C(C)=C1C.[CH2-]CN(C)C.[Ti+2]. The molecular weight excluding hydrogens is 218 g/mol. The van der Waals surface area contributed by atoms with E-state index in [2.05, 4.69) is 40.7 Å². The van der Waals surface area contributed by atoms with Gasteiger partial charge in [0.2, 0.25) is 0 Å². The summed E-state index contributed by atoms with van der Waals surface area (Å²) < 4.78 is 0. The van der Waals surface area contributed by atoms with E-state index in [0.717, 1.165) is 6.54 Å². The monoisotopic (exact) mass is 241 g/mol. The fourth-order valence-corrected chi connectivity index (χ4v) is 1.16. The van der Waals surface area contributed by atoms with Crippen molar-refractivity contribution in [3.05, 3.63) is 29.7 Å². The minimum Gasteiger partial charge on any atom is -0.339 e. The number of hydrogen-bond donors (Lipinski definition) is 0. The van der Waals surface area contributed by atoms with Crippen LogP contribution in [-0.4, -0.2) is 25.5 Å². The number of allylic oxidation sites excluding steroid dienone is 4. The van der Waals surface area contributed by atoms with Crippen molar-refractivity contribution in [2.24, 2.45) is 5.92 Å². The van der Waals surface area contributed by atoms with Gasteiger partial charge in [-0.3, -0.25) is 6.08 Å². The fraction of sp³-hybridized carbons (Fsp3) is 0.615. The quantitative estimate of drug-likeness (QED) is 0.503. The molecule has 0 aromatic carbocycles. The van der Waals surface area contributed by atoms with Gasteiger partial charge < -0.3 is 11.8 Å². The van der Waals surface area contributed by atoms with Gasteiger partial charge in [-0.25, -0.2) is 5.57 Å². The molecule has 0 aromatic heterocycles. The standard InChI is InChI=1S/C9H13.C4H10N.Ti/c1-6-5-7(2)9(4)8(6)3;1-4-5(2)3;/h6H,1-4H3;1,4H2,2-3H3;/q2*-1;+2. The first-order valence-electron chi connectivity index (χ1n) is 5.12. The summed E-state index contributed by atoms with van der Waals surface area (Å²) in [6.07, 6.45) is 3.36. The van der Waals surface area contributed by atoms with Crippen LogP contribution < -0.4 is 0 Å². The topological polar surface area (TPSA) is 3.24 Å². The van der Waals surface area contributed by atoms with Crippen molar-refractivity contribution < 1.29 is 21.7 Å². The molecule has 0 spiro atoms. The zero-order chi connectivity index (χ0) is 11.3. The van der Waals surface area contributed by atoms with Crippen molar-refractivity contribution >= 4 is 0 Å². The largest absolute Gasteiger partial charge is 2.00 e. The van der Waals surface area contributed by atoms with E-state index in [-0.39, 0.29) is 21.7 Å². The van der Waals surface area contributed by atoms with Gasteiger partial charge in [-0.05, 0) is 14.1 Å². The van der Waals surface area contributed by atoms with E-state index in [9.17, 15) is 0 Å². The predicted octanol–water partition coefficient (Wildman–Crippen LogP) is 3.10. The smallest absolute Gasteiger partial charge is 0.339 e. The molecule has 1 aliphatic rings. The predicted molar refractivity (Wildman–Crippen MR) is 63.9 cm³/mol. The van der Waals surface area contributed by atoms with Crippen LogP contribution in [0.2, 0.25) is 0 Å². The normalized spacial score (nSPS) is 19.5. The van der Waals surface area contributed by atoms with E-state index in [1.165, 1.54) is 16.7 Å². The van der Waals surface area contributed by atoms with Crippen molar-refractivity contribution in [1.29, 1.82) is 0 Å². The van der Waals surface area contributed by atoms with Gasteiger partial charge in [0.1, 0.15) is 0 Å². The summed E-state index contributed by atoms with van der Waals surface area (Å²) >= 11 is 0. The minimum atomic E-state index is 0. The maximum Gasteiger partial charge on any atom is 2.00 e. The maximum atomic E-state index is 3.61. The van der Waals surface area contributed by atoms with Crippen molar-refractivity contribution in [3.63, 3.8) is 0 Å². The Morgan fingerprint density at radius 3 is 1.73 bits per heavy atom. The molecule has 1 nitrogen and oxygen atoms in total. The van der Waals surface area contributed by atoms with Gasteiger partial charge >= 0.3 is 21.7 Å². The third-order valence-corrected chi connectivity index (χ3v) is 2.68. The molecule has 0 heterocycles. The molecule has 1 unspecified atom stereocenters. The summed E-state index contributed by atoms with van der Waals surface area (Å²) in [4.78, 5) is 2.01. The van der Waals surface area contributed by atoms with Crippen LogP contribution in [0.5, 0.6) is 0 Å². The number of rotatable bonds is 1. The first kappa shape index (κ1) is 17.5. The molecule has 84 valence electrons. The van der Waals surface area contributed by atoms with Crippen LogP contribution in [-0.2, 0) is 21.7 Å². The van der Waals surface area contributed by atoms with Crippen molar-refractivity contribution in [1.82, 2.24) is 4.90 Å². The second-order valence-corrected chi connectivity index (χ2v) is 4.10. The van der Waals surface area contributed by atoms with Gasteiger partial charge in [0.05, 0.1) is 0 Å². The van der Waals surface area contributed by atoms with E-state index in [0.29, 0.717) is 5.92 Å². The van der Waals surface area contributed by atoms with Crippen LogP contribution in [0, 0.1) is 18.9 Å². The van der Waals surface area contributed by atoms with Crippen LogP contribution in [0.4, 0.5) is 0 Å². The molecule has 1 aliphatic carbocycles. The molecular formula is C13H23NTi. The first-order valence-corrected chi connectivity index (χ1v) is 5.12. The van der Waals surface area contributed by atoms with Crippen molar-refractivity contribution in [3.8, 4) is 0 Å². The summed E-state index contributed by atoms with van der Waals surface area (Å²) in [6.45, 7) is 13.2. The van der Waals surface area contributed by atoms with Gasteiger partial charge in [-0.1, -0.05) is 26.7 Å². The minimum absolute atomic E-state index is 0. The summed E-state index contributed by atoms with van der Waals surface area (Å²) in [5.74, 6) is 0.560. The molecule has 0 saturated heterocycles. The zero-order valence-electron chi connectivity index (χ0n) is 10.9. The fourth-order valence-electron chi connectivity index (χ4n) is 1.16. The summed E-state index contributed by atoms with van der Waals surface area (Å²) in [5.41, 5.74) is 4.25. The average Bonchev–Trinajstić information content (AvgIpc) is 2.34. The second kappa shape index (κ2) is 8.32. The summed E-state index contributed by atoms with van der Waals surface area (Å²) in [5, 5.41) is 0. The third-order valence-electron chi connectivity index (χ3n) is 2.68. The number of hydrogen-bond acceptors (Lipinski definition) is 1. The Labute approximate surface area is 111 Å². The Kier molecular flexibility index (Phi) is 9.74. The second-order valence-electron chi connectivity index (χ2n) is 4.10. The molecule has 0 bridgehead atoms. The molecule has 2 heteroatoms. The Hall–Kier alpha value is 0.154. The Morgan fingerprint density at radius 1 is 1.27 bits per heavy atom. The molecule has 0 aromatic rings. The molecule has 0 aliphatic heterocycles. The average molecular weight is 241 g/mol. The van der Waals surface area contributed by atoms with E-state index in [1.54, 1.807) is 0 Å². The van der Waals surface area contributed by atoms with Crippen LogP contribution in [0.15, 0.2) is 16.7 Å². The maximum absolute atomic E-state index is 3.61. The van der Waals surface area contributed by atoms with Crippen molar-refractivity contribution in [2.75, 3.05) is 20.6 Å². The van der Waals surface area contributed by atoms with Gasteiger partial charge in [0.15, 0.2) is 0 Å². The van der Waals surface area contributed by atoms with E-state index in [1.807, 2.05) is 19.0 Å². The van der Waals surface area contributed by atoms with E-state index >= 15 is 0 Å². The molecule has 0 radical (unpaired) electrons. The Morgan fingerprint density at radius 2 is 1.67 bits per heavy atom. The Bertz CT molecular complexity index is 239. The summed E-state index contributed by atoms with van der Waals surface area (Å²) in [7, 11) is 3.99. The zero-order valence-corrected chi connectivity index (χ0v) is 12.5.